The van der Waals surface area contributed by atoms with Gasteiger partial charge in [-0.25, -0.2) is 0 Å². The van der Waals surface area contributed by atoms with E-state index >= 15 is 0 Å². The number of hydrogen-bond donors (Lipinski definition) is 0. The van der Waals surface area contributed by atoms with Gasteiger partial charge in [-0.15, -0.1) is 0 Å². The standard InChI is InChI=1S/C16H18BrN3O2S/c1-19-5-7-20(8-6-19)16-18-15(21)14(23-16)10-11-9-12(17)3-4-13(11)22-2/h3-4,9-10H,5-8H2,1-2H3. The fraction of sp³-hybridized carbons (Fsp3) is 0.375. The van der Waals surface area contributed by atoms with Gasteiger partial charge in [0.1, 0.15) is 5.75 Å². The molecule has 2 heterocycles. The molecule has 1 saturated heterocycles. The van der Waals surface area contributed by atoms with Gasteiger partial charge in [-0.2, -0.15) is 4.99 Å². The molecule has 0 saturated carbocycles. The predicted molar refractivity (Wildman–Crippen MR) is 97.8 cm³/mol. The largest absolute Gasteiger partial charge is 0.496 e. The molecule has 0 bridgehead atoms. The number of benzene rings is 1. The maximum Gasteiger partial charge on any atom is 0.286 e. The second kappa shape index (κ2) is 7.07. The van der Waals surface area contributed by atoms with Crippen molar-refractivity contribution in [2.45, 2.75) is 0 Å². The number of halogens is 1. The molecule has 0 N–H and O–H groups in total. The first-order valence-electron chi connectivity index (χ1n) is 7.36. The summed E-state index contributed by atoms with van der Waals surface area (Å²) < 4.78 is 6.31. The van der Waals surface area contributed by atoms with Crippen LogP contribution in [0.3, 0.4) is 0 Å². The highest BCUT2D eigenvalue weighted by atomic mass is 79.9. The van der Waals surface area contributed by atoms with Crippen molar-refractivity contribution in [1.82, 2.24) is 9.80 Å². The Kier molecular flexibility index (Phi) is 5.08. The van der Waals surface area contributed by atoms with Gasteiger partial charge in [-0.3, -0.25) is 4.79 Å². The van der Waals surface area contributed by atoms with Crippen LogP contribution >= 0.6 is 27.7 Å². The molecular weight excluding hydrogens is 378 g/mol. The Morgan fingerprint density at radius 3 is 2.74 bits per heavy atom. The van der Waals surface area contributed by atoms with E-state index in [4.69, 9.17) is 4.74 Å². The Hall–Kier alpha value is -1.31. The lowest BCUT2D eigenvalue weighted by Gasteiger charge is -2.32. The van der Waals surface area contributed by atoms with E-state index in [-0.39, 0.29) is 5.91 Å². The molecule has 1 aromatic rings. The molecule has 0 radical (unpaired) electrons. The third-order valence-corrected chi connectivity index (χ3v) is 5.40. The third kappa shape index (κ3) is 3.79. The SMILES string of the molecule is COc1ccc(Br)cc1C=C1SC(N2CCN(C)CC2)=NC1=O. The molecular formula is C16H18BrN3O2S. The van der Waals surface area contributed by atoms with E-state index in [0.717, 1.165) is 47.1 Å². The average molecular weight is 396 g/mol. The van der Waals surface area contributed by atoms with Crippen molar-refractivity contribution in [3.05, 3.63) is 33.1 Å². The van der Waals surface area contributed by atoms with E-state index < -0.39 is 0 Å². The highest BCUT2D eigenvalue weighted by Crippen LogP contribution is 2.33. The van der Waals surface area contributed by atoms with Gasteiger partial charge in [-0.05, 0) is 43.1 Å². The van der Waals surface area contributed by atoms with E-state index in [2.05, 4.69) is 37.8 Å². The quantitative estimate of drug-likeness (QED) is 0.720. The number of rotatable bonds is 2. The molecule has 5 nitrogen and oxygen atoms in total. The molecule has 0 spiro atoms. The number of methoxy groups -OCH3 is 1. The van der Waals surface area contributed by atoms with Gasteiger partial charge in [0.05, 0.1) is 12.0 Å². The minimum atomic E-state index is -0.175. The van der Waals surface area contributed by atoms with E-state index in [9.17, 15) is 4.79 Å². The number of piperazine rings is 1. The molecule has 0 aromatic heterocycles. The minimum Gasteiger partial charge on any atom is -0.496 e. The number of hydrogen-bond acceptors (Lipinski definition) is 5. The van der Waals surface area contributed by atoms with Crippen molar-refractivity contribution in [2.75, 3.05) is 40.3 Å². The molecule has 7 heteroatoms. The van der Waals surface area contributed by atoms with Crippen molar-refractivity contribution in [1.29, 1.82) is 0 Å². The normalized spacial score (nSPS) is 21.0. The fourth-order valence-electron chi connectivity index (χ4n) is 2.49. The van der Waals surface area contributed by atoms with E-state index in [0.29, 0.717) is 4.91 Å². The molecule has 0 aliphatic carbocycles. The monoisotopic (exact) mass is 395 g/mol. The fourth-order valence-corrected chi connectivity index (χ4v) is 3.82. The van der Waals surface area contributed by atoms with E-state index in [1.54, 1.807) is 7.11 Å². The van der Waals surface area contributed by atoms with Crippen LogP contribution < -0.4 is 4.74 Å². The predicted octanol–water partition coefficient (Wildman–Crippen LogP) is 2.68. The maximum absolute atomic E-state index is 12.2. The van der Waals surface area contributed by atoms with Gasteiger partial charge in [0.2, 0.25) is 0 Å². The number of amidine groups is 1. The van der Waals surface area contributed by atoms with Gasteiger partial charge in [0, 0.05) is 36.2 Å². The van der Waals surface area contributed by atoms with Crippen molar-refractivity contribution < 1.29 is 9.53 Å². The van der Waals surface area contributed by atoms with Crippen LogP contribution in [0.15, 0.2) is 32.6 Å². The van der Waals surface area contributed by atoms with Crippen LogP contribution in [0.4, 0.5) is 0 Å². The summed E-state index contributed by atoms with van der Waals surface area (Å²) in [5.74, 6) is 0.563. The summed E-state index contributed by atoms with van der Waals surface area (Å²) in [6.07, 6.45) is 1.85. The van der Waals surface area contributed by atoms with Crippen LogP contribution in [0, 0.1) is 0 Å². The molecule has 122 valence electrons. The Morgan fingerprint density at radius 1 is 1.30 bits per heavy atom. The highest BCUT2D eigenvalue weighted by Gasteiger charge is 2.28. The smallest absolute Gasteiger partial charge is 0.286 e. The first-order valence-corrected chi connectivity index (χ1v) is 8.97. The zero-order valence-corrected chi connectivity index (χ0v) is 15.5. The van der Waals surface area contributed by atoms with Crippen molar-refractivity contribution >= 4 is 44.8 Å². The Morgan fingerprint density at radius 2 is 2.04 bits per heavy atom. The zero-order chi connectivity index (χ0) is 16.4. The van der Waals surface area contributed by atoms with Crippen LogP contribution in [0.1, 0.15) is 5.56 Å². The van der Waals surface area contributed by atoms with E-state index in [1.165, 1.54) is 11.8 Å². The average Bonchev–Trinajstić information content (AvgIpc) is 2.89. The number of likely N-dealkylation sites (N-methyl/N-ethyl adjacent to an activating group) is 1. The molecule has 23 heavy (non-hydrogen) atoms. The van der Waals surface area contributed by atoms with Crippen LogP contribution in [-0.2, 0) is 4.79 Å². The summed E-state index contributed by atoms with van der Waals surface area (Å²) in [6.45, 7) is 3.80. The molecule has 3 rings (SSSR count). The van der Waals surface area contributed by atoms with Gasteiger partial charge < -0.3 is 14.5 Å². The lowest BCUT2D eigenvalue weighted by molar-refractivity contribution is -0.113. The topological polar surface area (TPSA) is 45.1 Å². The number of amides is 1. The summed E-state index contributed by atoms with van der Waals surface area (Å²) in [7, 11) is 3.73. The third-order valence-electron chi connectivity index (χ3n) is 3.86. The van der Waals surface area contributed by atoms with Gasteiger partial charge in [0.15, 0.2) is 5.17 Å². The van der Waals surface area contributed by atoms with Crippen molar-refractivity contribution in [3.8, 4) is 5.75 Å². The molecule has 2 aliphatic heterocycles. The lowest BCUT2D eigenvalue weighted by atomic mass is 10.2. The van der Waals surface area contributed by atoms with Crippen molar-refractivity contribution in [3.63, 3.8) is 0 Å². The Balaban J connectivity index is 1.78. The molecule has 1 amide bonds. The molecule has 0 atom stereocenters. The number of carbonyl (C=O) groups excluding carboxylic acids is 1. The van der Waals surface area contributed by atoms with Gasteiger partial charge in [-0.1, -0.05) is 15.9 Å². The highest BCUT2D eigenvalue weighted by molar-refractivity contribution is 9.10. The van der Waals surface area contributed by atoms with Gasteiger partial charge in [0.25, 0.3) is 5.91 Å². The summed E-state index contributed by atoms with van der Waals surface area (Å²) in [5, 5.41) is 0.809. The minimum absolute atomic E-state index is 0.175. The van der Waals surface area contributed by atoms with Crippen LogP contribution in [0.2, 0.25) is 0 Å². The summed E-state index contributed by atoms with van der Waals surface area (Å²) >= 11 is 4.90. The lowest BCUT2D eigenvalue weighted by Crippen LogP contribution is -2.46. The maximum atomic E-state index is 12.2. The number of nitrogens with zero attached hydrogens (tertiary/aromatic N) is 3. The number of aliphatic imine (C=N–C) groups is 1. The number of thioether (sulfide) groups is 1. The number of carbonyl (C=O) groups is 1. The van der Waals surface area contributed by atoms with E-state index in [1.807, 2.05) is 24.3 Å². The zero-order valence-electron chi connectivity index (χ0n) is 13.1. The summed E-state index contributed by atoms with van der Waals surface area (Å²) in [5.41, 5.74) is 0.868. The van der Waals surface area contributed by atoms with Crippen LogP contribution in [0.25, 0.3) is 6.08 Å². The first-order chi connectivity index (χ1) is 11.1. The second-order valence-corrected chi connectivity index (χ2v) is 7.41. The van der Waals surface area contributed by atoms with Crippen LogP contribution in [0.5, 0.6) is 5.75 Å². The summed E-state index contributed by atoms with van der Waals surface area (Å²) in [4.78, 5) is 21.5. The molecule has 2 aliphatic rings. The van der Waals surface area contributed by atoms with Gasteiger partial charge >= 0.3 is 0 Å². The summed E-state index contributed by atoms with van der Waals surface area (Å²) in [6, 6.07) is 5.73. The Bertz CT molecular complexity index is 682. The second-order valence-electron chi connectivity index (χ2n) is 5.49. The molecule has 0 unspecified atom stereocenters. The first kappa shape index (κ1) is 16.5. The van der Waals surface area contributed by atoms with Crippen molar-refractivity contribution in [2.24, 2.45) is 4.99 Å². The molecule has 1 aromatic carbocycles. The number of ether oxygens (including phenoxy) is 1. The van der Waals surface area contributed by atoms with Crippen LogP contribution in [-0.4, -0.2) is 61.2 Å². The Labute approximate surface area is 148 Å². The molecule has 1 fully saturated rings.